The lowest BCUT2D eigenvalue weighted by Gasteiger charge is -2.21. The number of carbonyl (C=O) groups excluding carboxylic acids is 1. The third-order valence-corrected chi connectivity index (χ3v) is 1.81. The second-order valence-corrected chi connectivity index (χ2v) is 5.21. The number of amides is 1. The smallest absolute Gasteiger partial charge is 0.407 e. The van der Waals surface area contributed by atoms with Crippen LogP contribution in [0.2, 0.25) is 0 Å². The summed E-state index contributed by atoms with van der Waals surface area (Å²) in [4.78, 5) is 16.5. The Morgan fingerprint density at radius 1 is 1.44 bits per heavy atom. The Morgan fingerprint density at radius 3 is 2.56 bits per heavy atom. The van der Waals surface area contributed by atoms with Crippen molar-refractivity contribution in [1.82, 2.24) is 5.32 Å². The number of rotatable bonds is 6. The number of carbonyl (C=O) groups is 1. The highest BCUT2D eigenvalue weighted by atomic mass is 16.6. The normalized spacial score (nSPS) is 14.0. The van der Waals surface area contributed by atoms with E-state index in [4.69, 9.17) is 15.3 Å². The van der Waals surface area contributed by atoms with E-state index >= 15 is 0 Å². The molecule has 0 aliphatic rings. The van der Waals surface area contributed by atoms with Crippen molar-refractivity contribution in [2.75, 3.05) is 13.2 Å². The predicted molar refractivity (Wildman–Crippen MR) is 71.6 cm³/mol. The lowest BCUT2D eigenvalue weighted by molar-refractivity contribution is 0.0458. The van der Waals surface area contributed by atoms with E-state index in [0.29, 0.717) is 19.6 Å². The number of nitrogens with two attached hydrogens (primary N) is 1. The lowest BCUT2D eigenvalue weighted by atomic mass is 10.2. The Morgan fingerprint density at radius 2 is 2.06 bits per heavy atom. The highest BCUT2D eigenvalue weighted by Crippen LogP contribution is 2.06. The van der Waals surface area contributed by atoms with Crippen LogP contribution in [0, 0.1) is 0 Å². The van der Waals surface area contributed by atoms with E-state index in [2.05, 4.69) is 10.5 Å². The number of alkyl carbamates (subject to hydrolysis) is 1. The van der Waals surface area contributed by atoms with Crippen molar-refractivity contribution in [2.24, 2.45) is 10.9 Å². The van der Waals surface area contributed by atoms with Crippen molar-refractivity contribution in [3.05, 3.63) is 0 Å². The van der Waals surface area contributed by atoms with Crippen LogP contribution in [0.3, 0.4) is 0 Å². The molecule has 0 rings (SSSR count). The maximum absolute atomic E-state index is 11.4. The number of nitrogens with one attached hydrogen (secondary N) is 1. The Hall–Kier alpha value is -1.30. The van der Waals surface area contributed by atoms with E-state index in [1.807, 2.05) is 34.6 Å². The highest BCUT2D eigenvalue weighted by Gasteiger charge is 2.17. The molecule has 1 unspecified atom stereocenters. The van der Waals surface area contributed by atoms with Crippen LogP contribution in [0.5, 0.6) is 0 Å². The van der Waals surface area contributed by atoms with Crippen LogP contribution in [0.25, 0.3) is 0 Å². The SMILES string of the molecule is C/C(CCN)=N\OCC(C)NC(=O)OC(C)(C)C. The minimum Gasteiger partial charge on any atom is -0.444 e. The molecule has 0 saturated heterocycles. The topological polar surface area (TPSA) is 85.9 Å². The van der Waals surface area contributed by atoms with E-state index in [1.165, 1.54) is 0 Å². The molecule has 0 aromatic heterocycles. The average molecular weight is 259 g/mol. The molecule has 0 spiro atoms. The summed E-state index contributed by atoms with van der Waals surface area (Å²) in [7, 11) is 0. The number of ether oxygens (including phenoxy) is 1. The number of oxime groups is 1. The van der Waals surface area contributed by atoms with Crippen molar-refractivity contribution in [3.8, 4) is 0 Å². The quantitative estimate of drug-likeness (QED) is 0.561. The zero-order chi connectivity index (χ0) is 14.2. The summed E-state index contributed by atoms with van der Waals surface area (Å²) in [6, 6.07) is -0.172. The third-order valence-electron chi connectivity index (χ3n) is 1.81. The van der Waals surface area contributed by atoms with Gasteiger partial charge in [-0.2, -0.15) is 0 Å². The number of hydrogen-bond donors (Lipinski definition) is 2. The minimum atomic E-state index is -0.499. The van der Waals surface area contributed by atoms with Crippen molar-refractivity contribution in [2.45, 2.75) is 52.7 Å². The molecular formula is C12H25N3O3. The first-order chi connectivity index (χ1) is 8.24. The van der Waals surface area contributed by atoms with Crippen molar-refractivity contribution in [1.29, 1.82) is 0 Å². The second kappa shape index (κ2) is 7.92. The number of hydrogen-bond acceptors (Lipinski definition) is 5. The van der Waals surface area contributed by atoms with Crippen LogP contribution in [0.4, 0.5) is 4.79 Å². The van der Waals surface area contributed by atoms with Crippen LogP contribution in [-0.4, -0.2) is 36.6 Å². The minimum absolute atomic E-state index is 0.172. The molecule has 0 heterocycles. The van der Waals surface area contributed by atoms with Gasteiger partial charge in [-0.05, 0) is 41.2 Å². The van der Waals surface area contributed by atoms with Gasteiger partial charge in [0.15, 0.2) is 0 Å². The molecule has 1 amide bonds. The molecule has 106 valence electrons. The van der Waals surface area contributed by atoms with E-state index in [1.54, 1.807) is 0 Å². The first kappa shape index (κ1) is 16.7. The van der Waals surface area contributed by atoms with E-state index < -0.39 is 11.7 Å². The maximum atomic E-state index is 11.4. The van der Waals surface area contributed by atoms with Crippen molar-refractivity contribution >= 4 is 11.8 Å². The molecule has 18 heavy (non-hydrogen) atoms. The average Bonchev–Trinajstić information content (AvgIpc) is 2.14. The van der Waals surface area contributed by atoms with Crippen molar-refractivity contribution < 1.29 is 14.4 Å². The first-order valence-corrected chi connectivity index (χ1v) is 6.09. The molecule has 3 N–H and O–H groups in total. The summed E-state index contributed by atoms with van der Waals surface area (Å²) >= 11 is 0. The fraction of sp³-hybridized carbons (Fsp3) is 0.833. The summed E-state index contributed by atoms with van der Waals surface area (Å²) in [5.74, 6) is 0. The van der Waals surface area contributed by atoms with Gasteiger partial charge >= 0.3 is 6.09 Å². The van der Waals surface area contributed by atoms with Gasteiger partial charge < -0.3 is 20.6 Å². The number of nitrogens with zero attached hydrogens (tertiary/aromatic N) is 1. The standard InChI is InChI=1S/C12H25N3O3/c1-9(6-7-13)15-17-8-10(2)14-11(16)18-12(3,4)5/h10H,6-8,13H2,1-5H3,(H,14,16)/b15-9+. The van der Waals surface area contributed by atoms with Crippen molar-refractivity contribution in [3.63, 3.8) is 0 Å². The van der Waals surface area contributed by atoms with Gasteiger partial charge in [-0.25, -0.2) is 4.79 Å². The van der Waals surface area contributed by atoms with Gasteiger partial charge in [0.1, 0.15) is 12.2 Å². The van der Waals surface area contributed by atoms with Crippen LogP contribution in [0.1, 0.15) is 41.0 Å². The molecule has 6 nitrogen and oxygen atoms in total. The highest BCUT2D eigenvalue weighted by molar-refractivity contribution is 5.81. The summed E-state index contributed by atoms with van der Waals surface area (Å²) in [6.07, 6.45) is 0.245. The summed E-state index contributed by atoms with van der Waals surface area (Å²) in [5.41, 5.74) is 5.71. The van der Waals surface area contributed by atoms with Crippen LogP contribution >= 0.6 is 0 Å². The van der Waals surface area contributed by atoms with Gasteiger partial charge in [-0.1, -0.05) is 5.16 Å². The van der Waals surface area contributed by atoms with Gasteiger partial charge in [-0.3, -0.25) is 0 Å². The van der Waals surface area contributed by atoms with Gasteiger partial charge in [0.2, 0.25) is 0 Å². The third kappa shape index (κ3) is 9.89. The molecule has 1 atom stereocenters. The molecule has 0 aliphatic heterocycles. The van der Waals surface area contributed by atoms with E-state index in [0.717, 1.165) is 5.71 Å². The van der Waals surface area contributed by atoms with E-state index in [-0.39, 0.29) is 6.04 Å². The first-order valence-electron chi connectivity index (χ1n) is 6.09. The van der Waals surface area contributed by atoms with E-state index in [9.17, 15) is 4.79 Å². The van der Waals surface area contributed by atoms with Gasteiger partial charge in [-0.15, -0.1) is 0 Å². The Kier molecular flexibility index (Phi) is 7.35. The summed E-state index contributed by atoms with van der Waals surface area (Å²) < 4.78 is 5.12. The molecule has 0 aliphatic carbocycles. The zero-order valence-corrected chi connectivity index (χ0v) is 11.9. The molecule has 0 saturated carbocycles. The van der Waals surface area contributed by atoms with Crippen LogP contribution in [-0.2, 0) is 9.57 Å². The molecule has 0 fully saturated rings. The fourth-order valence-corrected chi connectivity index (χ4v) is 1.06. The summed E-state index contributed by atoms with van der Waals surface area (Å²) in [5, 5.41) is 6.54. The molecule has 0 aromatic rings. The summed E-state index contributed by atoms with van der Waals surface area (Å²) in [6.45, 7) is 9.94. The molecular weight excluding hydrogens is 234 g/mol. The second-order valence-electron chi connectivity index (χ2n) is 5.21. The molecule has 0 bridgehead atoms. The molecule has 6 heteroatoms. The zero-order valence-electron chi connectivity index (χ0n) is 11.9. The Bertz CT molecular complexity index is 285. The Labute approximate surface area is 109 Å². The lowest BCUT2D eigenvalue weighted by Crippen LogP contribution is -2.39. The van der Waals surface area contributed by atoms with Crippen LogP contribution < -0.4 is 11.1 Å². The van der Waals surface area contributed by atoms with Crippen LogP contribution in [0.15, 0.2) is 5.16 Å². The largest absolute Gasteiger partial charge is 0.444 e. The van der Waals surface area contributed by atoms with Gasteiger partial charge in [0, 0.05) is 6.42 Å². The fourth-order valence-electron chi connectivity index (χ4n) is 1.06. The Balaban J connectivity index is 3.87. The monoisotopic (exact) mass is 259 g/mol. The van der Waals surface area contributed by atoms with Gasteiger partial charge in [0.25, 0.3) is 0 Å². The molecule has 0 radical (unpaired) electrons. The predicted octanol–water partition coefficient (Wildman–Crippen LogP) is 1.64. The molecule has 0 aromatic carbocycles. The van der Waals surface area contributed by atoms with Gasteiger partial charge in [0.05, 0.1) is 11.8 Å². The maximum Gasteiger partial charge on any atom is 0.407 e.